The summed E-state index contributed by atoms with van der Waals surface area (Å²) in [5.74, 6) is -0.0369. The number of halogens is 1. The molecule has 2 N–H and O–H groups in total. The lowest BCUT2D eigenvalue weighted by Crippen LogP contribution is -3.16. The van der Waals surface area contributed by atoms with Crippen molar-refractivity contribution in [2.75, 3.05) is 49.5 Å². The summed E-state index contributed by atoms with van der Waals surface area (Å²) in [6.45, 7) is 9.14. The predicted octanol–water partition coefficient (Wildman–Crippen LogP) is 0.586. The van der Waals surface area contributed by atoms with Gasteiger partial charge in [-0.2, -0.15) is 0 Å². The zero-order valence-electron chi connectivity index (χ0n) is 18.3. The fourth-order valence-electron chi connectivity index (χ4n) is 3.54. The number of benzene rings is 1. The van der Waals surface area contributed by atoms with Crippen LogP contribution in [0.2, 0.25) is 0 Å². The van der Waals surface area contributed by atoms with E-state index in [0.29, 0.717) is 18.2 Å². The van der Waals surface area contributed by atoms with Crippen molar-refractivity contribution in [3.63, 3.8) is 0 Å². The molecule has 0 atom stereocenters. The topological polar surface area (TPSA) is 82.9 Å². The van der Waals surface area contributed by atoms with Crippen molar-refractivity contribution in [2.24, 2.45) is 0 Å². The van der Waals surface area contributed by atoms with Gasteiger partial charge in [-0.1, -0.05) is 0 Å². The summed E-state index contributed by atoms with van der Waals surface area (Å²) in [6.07, 6.45) is 3.45. The molecular weight excluding hydrogens is 399 g/mol. The Kier molecular flexibility index (Phi) is 7.17. The molecule has 166 valence electrons. The van der Waals surface area contributed by atoms with Crippen molar-refractivity contribution >= 4 is 23.5 Å². The maximum absolute atomic E-state index is 13.1. The summed E-state index contributed by atoms with van der Waals surface area (Å²) in [5.41, 5.74) is -0.00585. The van der Waals surface area contributed by atoms with Gasteiger partial charge in [-0.05, 0) is 51.1 Å². The third-order valence-corrected chi connectivity index (χ3v) is 5.25. The van der Waals surface area contributed by atoms with Crippen molar-refractivity contribution in [2.45, 2.75) is 26.3 Å². The second kappa shape index (κ2) is 9.82. The van der Waals surface area contributed by atoms with Crippen LogP contribution in [0, 0.1) is 5.82 Å². The molecule has 3 rings (SSSR count). The second-order valence-electron chi connectivity index (χ2n) is 8.67. The van der Waals surface area contributed by atoms with Gasteiger partial charge in [0.1, 0.15) is 12.4 Å². The molecular formula is C22H30FN6O2+. The van der Waals surface area contributed by atoms with Gasteiger partial charge in [-0.3, -0.25) is 9.59 Å². The monoisotopic (exact) mass is 429 g/mol. The maximum atomic E-state index is 13.1. The first-order valence-electron chi connectivity index (χ1n) is 10.4. The Balaban J connectivity index is 1.55. The Bertz CT molecular complexity index is 877. The molecule has 2 amide bonds. The molecule has 0 bridgehead atoms. The number of hydrogen-bond acceptors (Lipinski definition) is 5. The lowest BCUT2D eigenvalue weighted by Gasteiger charge is -2.37. The number of hydrogen-bond donors (Lipinski definition) is 2. The fourth-order valence-corrected chi connectivity index (χ4v) is 3.54. The van der Waals surface area contributed by atoms with Crippen molar-refractivity contribution < 1.29 is 18.9 Å². The van der Waals surface area contributed by atoms with E-state index in [4.69, 9.17) is 0 Å². The Morgan fingerprint density at radius 1 is 1.13 bits per heavy atom. The number of aromatic nitrogens is 2. The van der Waals surface area contributed by atoms with Crippen LogP contribution in [0.3, 0.4) is 0 Å². The second-order valence-corrected chi connectivity index (χ2v) is 8.67. The molecule has 2 heterocycles. The SMILES string of the molecule is CC(C)(C)N(CC(=O)Nc1ccc(F)cc1)C(=O)C[NH+]1CCN(c2ncccn2)CC1. The molecule has 0 aliphatic carbocycles. The number of carbonyl (C=O) groups is 2. The summed E-state index contributed by atoms with van der Waals surface area (Å²) < 4.78 is 13.1. The standard InChI is InChI=1S/C22H29FN6O2/c1-22(2,3)29(15-19(30)26-18-7-5-17(23)6-8-18)20(31)16-27-11-13-28(14-12-27)21-24-9-4-10-25-21/h4-10H,11-16H2,1-3H3,(H,26,30)/p+1. The summed E-state index contributed by atoms with van der Waals surface area (Å²) in [6, 6.07) is 7.35. The van der Waals surface area contributed by atoms with E-state index in [1.807, 2.05) is 20.8 Å². The Morgan fingerprint density at radius 3 is 2.32 bits per heavy atom. The number of rotatable bonds is 6. The van der Waals surface area contributed by atoms with Crippen LogP contribution in [-0.2, 0) is 9.59 Å². The highest BCUT2D eigenvalue weighted by Crippen LogP contribution is 2.14. The first-order chi connectivity index (χ1) is 14.7. The number of amides is 2. The van der Waals surface area contributed by atoms with Crippen molar-refractivity contribution in [3.8, 4) is 0 Å². The number of quaternary nitrogens is 1. The number of carbonyl (C=O) groups excluding carboxylic acids is 2. The third-order valence-electron chi connectivity index (χ3n) is 5.25. The van der Waals surface area contributed by atoms with Gasteiger partial charge in [-0.25, -0.2) is 14.4 Å². The lowest BCUT2D eigenvalue weighted by molar-refractivity contribution is -0.892. The van der Waals surface area contributed by atoms with Crippen LogP contribution < -0.4 is 15.1 Å². The maximum Gasteiger partial charge on any atom is 0.278 e. The first-order valence-corrected chi connectivity index (χ1v) is 10.4. The van der Waals surface area contributed by atoms with Crippen LogP contribution in [-0.4, -0.2) is 71.5 Å². The zero-order chi connectivity index (χ0) is 22.4. The molecule has 0 radical (unpaired) electrons. The minimum absolute atomic E-state index is 0.0586. The van der Waals surface area contributed by atoms with Gasteiger partial charge >= 0.3 is 0 Å². The van der Waals surface area contributed by atoms with E-state index in [2.05, 4.69) is 20.2 Å². The van der Waals surface area contributed by atoms with Crippen LogP contribution in [0.5, 0.6) is 0 Å². The molecule has 0 saturated carbocycles. The van der Waals surface area contributed by atoms with E-state index in [1.54, 1.807) is 23.4 Å². The Morgan fingerprint density at radius 2 is 1.74 bits per heavy atom. The van der Waals surface area contributed by atoms with Gasteiger partial charge in [0.25, 0.3) is 5.91 Å². The molecule has 8 nitrogen and oxygen atoms in total. The summed E-state index contributed by atoms with van der Waals surface area (Å²) in [4.78, 5) is 39.1. The molecule has 1 aromatic heterocycles. The van der Waals surface area contributed by atoms with Crippen LogP contribution in [0.15, 0.2) is 42.7 Å². The third kappa shape index (κ3) is 6.45. The molecule has 1 aliphatic heterocycles. The van der Waals surface area contributed by atoms with Crippen molar-refractivity contribution in [3.05, 3.63) is 48.5 Å². The molecule has 31 heavy (non-hydrogen) atoms. The normalized spacial score (nSPS) is 14.9. The largest absolute Gasteiger partial charge is 0.330 e. The average Bonchev–Trinajstić information content (AvgIpc) is 2.74. The van der Waals surface area contributed by atoms with Crippen LogP contribution in [0.1, 0.15) is 20.8 Å². The average molecular weight is 430 g/mol. The van der Waals surface area contributed by atoms with E-state index in [0.717, 1.165) is 26.2 Å². The fraction of sp³-hybridized carbons (Fsp3) is 0.455. The predicted molar refractivity (Wildman–Crippen MR) is 116 cm³/mol. The summed E-state index contributed by atoms with van der Waals surface area (Å²) in [5, 5.41) is 2.73. The Hall–Kier alpha value is -3.07. The molecule has 9 heteroatoms. The van der Waals surface area contributed by atoms with Crippen LogP contribution in [0.4, 0.5) is 16.0 Å². The minimum Gasteiger partial charge on any atom is -0.330 e. The summed E-state index contributed by atoms with van der Waals surface area (Å²) in [7, 11) is 0. The lowest BCUT2D eigenvalue weighted by atomic mass is 10.1. The van der Waals surface area contributed by atoms with Gasteiger partial charge in [0.15, 0.2) is 6.54 Å². The van der Waals surface area contributed by atoms with Crippen molar-refractivity contribution in [1.29, 1.82) is 0 Å². The molecule has 0 spiro atoms. The van der Waals surface area contributed by atoms with Gasteiger partial charge in [0.2, 0.25) is 11.9 Å². The Labute approximate surface area is 182 Å². The smallest absolute Gasteiger partial charge is 0.278 e. The number of nitrogens with one attached hydrogen (secondary N) is 2. The highest BCUT2D eigenvalue weighted by molar-refractivity contribution is 5.94. The van der Waals surface area contributed by atoms with Gasteiger partial charge in [-0.15, -0.1) is 0 Å². The van der Waals surface area contributed by atoms with E-state index >= 15 is 0 Å². The van der Waals surface area contributed by atoms with Gasteiger partial charge < -0.3 is 20.0 Å². The molecule has 1 saturated heterocycles. The quantitative estimate of drug-likeness (QED) is 0.702. The molecule has 1 fully saturated rings. The van der Waals surface area contributed by atoms with Crippen molar-refractivity contribution in [1.82, 2.24) is 14.9 Å². The number of anilines is 2. The van der Waals surface area contributed by atoms with E-state index in [-0.39, 0.29) is 24.2 Å². The van der Waals surface area contributed by atoms with Crippen LogP contribution in [0.25, 0.3) is 0 Å². The first kappa shape index (κ1) is 22.6. The van der Waals surface area contributed by atoms with Crippen LogP contribution >= 0.6 is 0 Å². The highest BCUT2D eigenvalue weighted by atomic mass is 19.1. The molecule has 0 unspecified atom stereocenters. The summed E-state index contributed by atoms with van der Waals surface area (Å²) >= 11 is 0. The van der Waals surface area contributed by atoms with Gasteiger partial charge in [0, 0.05) is 23.6 Å². The van der Waals surface area contributed by atoms with E-state index in [1.165, 1.54) is 29.2 Å². The van der Waals surface area contributed by atoms with E-state index < -0.39 is 5.54 Å². The van der Waals surface area contributed by atoms with Gasteiger partial charge in [0.05, 0.1) is 26.2 Å². The molecule has 1 aromatic carbocycles. The number of piperazine rings is 1. The minimum atomic E-state index is -0.504. The highest BCUT2D eigenvalue weighted by Gasteiger charge is 2.32. The molecule has 2 aromatic rings. The van der Waals surface area contributed by atoms with E-state index in [9.17, 15) is 14.0 Å². The zero-order valence-corrected chi connectivity index (χ0v) is 18.3. The molecule has 1 aliphatic rings. The number of nitrogens with zero attached hydrogens (tertiary/aromatic N) is 4.